The van der Waals surface area contributed by atoms with Crippen molar-refractivity contribution >= 4 is 22.8 Å². The number of carbonyl (C=O) groups excluding carboxylic acids is 1. The molecule has 0 bridgehead atoms. The molecule has 0 amide bonds. The van der Waals surface area contributed by atoms with Crippen LogP contribution in [0.5, 0.6) is 0 Å². The Morgan fingerprint density at radius 3 is 2.50 bits per heavy atom. The highest BCUT2D eigenvalue weighted by Gasteiger charge is 2.12. The van der Waals surface area contributed by atoms with Crippen molar-refractivity contribution < 1.29 is 14.7 Å². The molecular weight excluding hydrogens is 224 g/mol. The maximum absolute atomic E-state index is 11.6. The third kappa shape index (κ3) is 4.06. The van der Waals surface area contributed by atoms with Crippen LogP contribution in [0.4, 0.5) is 0 Å². The molecule has 1 N–H and O–H groups in total. The molecule has 1 rings (SSSR count). The highest BCUT2D eigenvalue weighted by molar-refractivity contribution is 8.14. The number of hydrogen-bond acceptors (Lipinski definition) is 3. The molecule has 0 heterocycles. The molecule has 86 valence electrons. The Morgan fingerprint density at radius 1 is 1.31 bits per heavy atom. The molecule has 3 nitrogen and oxygen atoms in total. The van der Waals surface area contributed by atoms with Crippen molar-refractivity contribution in [1.82, 2.24) is 0 Å². The van der Waals surface area contributed by atoms with Crippen molar-refractivity contribution in [3.05, 3.63) is 35.9 Å². The molecule has 1 atom stereocenters. The van der Waals surface area contributed by atoms with E-state index in [2.05, 4.69) is 0 Å². The van der Waals surface area contributed by atoms with E-state index in [1.807, 2.05) is 18.2 Å². The second-order valence-corrected chi connectivity index (χ2v) is 4.60. The summed E-state index contributed by atoms with van der Waals surface area (Å²) in [5.74, 6) is -0.662. The fourth-order valence-electron chi connectivity index (χ4n) is 1.11. The second-order valence-electron chi connectivity index (χ2n) is 3.53. The Labute approximate surface area is 98.9 Å². The molecule has 16 heavy (non-hydrogen) atoms. The van der Waals surface area contributed by atoms with Gasteiger partial charge in [0.05, 0.1) is 5.92 Å². The zero-order valence-corrected chi connectivity index (χ0v) is 9.87. The Morgan fingerprint density at radius 2 is 1.94 bits per heavy atom. The molecule has 0 saturated carbocycles. The van der Waals surface area contributed by atoms with Crippen LogP contribution in [0, 0.1) is 5.92 Å². The number of aliphatic carboxylic acids is 1. The number of carboxylic acid groups (broad SMARTS) is 1. The lowest BCUT2D eigenvalue weighted by Crippen LogP contribution is -2.10. The van der Waals surface area contributed by atoms with Crippen LogP contribution in [0.2, 0.25) is 0 Å². The van der Waals surface area contributed by atoms with E-state index in [0.717, 1.165) is 0 Å². The van der Waals surface area contributed by atoms with Gasteiger partial charge in [-0.25, -0.2) is 0 Å². The van der Waals surface area contributed by atoms with Gasteiger partial charge in [-0.05, 0) is 6.42 Å². The largest absolute Gasteiger partial charge is 0.481 e. The van der Waals surface area contributed by atoms with Crippen LogP contribution in [0.3, 0.4) is 0 Å². The van der Waals surface area contributed by atoms with Crippen LogP contribution in [0.1, 0.15) is 23.7 Å². The Kier molecular flexibility index (Phi) is 5.05. The normalized spacial score (nSPS) is 12.1. The first-order valence-corrected chi connectivity index (χ1v) is 6.05. The van der Waals surface area contributed by atoms with Crippen molar-refractivity contribution in [1.29, 1.82) is 0 Å². The molecule has 0 fully saturated rings. The van der Waals surface area contributed by atoms with Crippen LogP contribution in [-0.2, 0) is 4.79 Å². The van der Waals surface area contributed by atoms with Crippen LogP contribution in [0.15, 0.2) is 30.3 Å². The monoisotopic (exact) mass is 238 g/mol. The summed E-state index contributed by atoms with van der Waals surface area (Å²) in [7, 11) is 0. The second kappa shape index (κ2) is 6.33. The van der Waals surface area contributed by atoms with E-state index in [4.69, 9.17) is 5.11 Å². The summed E-state index contributed by atoms with van der Waals surface area (Å²) < 4.78 is 0. The predicted molar refractivity (Wildman–Crippen MR) is 64.6 cm³/mol. The predicted octanol–water partition coefficient (Wildman–Crippen LogP) is 2.67. The van der Waals surface area contributed by atoms with Gasteiger partial charge in [-0.3, -0.25) is 9.59 Å². The Hall–Kier alpha value is -1.29. The summed E-state index contributed by atoms with van der Waals surface area (Å²) in [5, 5.41) is 8.67. The minimum atomic E-state index is -0.812. The number of carboxylic acids is 1. The average Bonchev–Trinajstić information content (AvgIpc) is 2.29. The van der Waals surface area contributed by atoms with Crippen molar-refractivity contribution in [2.75, 3.05) is 5.75 Å². The number of hydrogen-bond donors (Lipinski definition) is 1. The van der Waals surface area contributed by atoms with Crippen molar-refractivity contribution in [3.8, 4) is 0 Å². The number of thioether (sulfide) groups is 1. The van der Waals surface area contributed by atoms with Gasteiger partial charge in [-0.2, -0.15) is 0 Å². The SMILES string of the molecule is C[C@@H](CCSC(=O)c1ccccc1)C(=O)O. The number of carbonyl (C=O) groups is 2. The standard InChI is InChI=1S/C12H14O3S/c1-9(11(13)14)7-8-16-12(15)10-5-3-2-4-6-10/h2-6,9H,7-8H2,1H3,(H,13,14)/t9-/m0/s1. The molecule has 0 aliphatic carbocycles. The lowest BCUT2D eigenvalue weighted by atomic mass is 10.1. The van der Waals surface area contributed by atoms with Crippen LogP contribution in [0.25, 0.3) is 0 Å². The first-order valence-electron chi connectivity index (χ1n) is 5.06. The van der Waals surface area contributed by atoms with Crippen molar-refractivity contribution in [2.24, 2.45) is 5.92 Å². The van der Waals surface area contributed by atoms with Crippen LogP contribution >= 0.6 is 11.8 Å². The van der Waals surface area contributed by atoms with Gasteiger partial charge in [0.2, 0.25) is 5.12 Å². The minimum Gasteiger partial charge on any atom is -0.481 e. The zero-order chi connectivity index (χ0) is 12.0. The molecule has 0 unspecified atom stereocenters. The van der Waals surface area contributed by atoms with E-state index in [9.17, 15) is 9.59 Å². The van der Waals surface area contributed by atoms with Crippen LogP contribution in [-0.4, -0.2) is 21.9 Å². The third-order valence-corrected chi connectivity index (χ3v) is 3.15. The smallest absolute Gasteiger partial charge is 0.306 e. The molecule has 0 aliphatic heterocycles. The molecule has 0 aliphatic rings. The highest BCUT2D eigenvalue weighted by atomic mass is 32.2. The van der Waals surface area contributed by atoms with E-state index in [1.165, 1.54) is 11.8 Å². The van der Waals surface area contributed by atoms with E-state index in [-0.39, 0.29) is 5.12 Å². The average molecular weight is 238 g/mol. The lowest BCUT2D eigenvalue weighted by molar-refractivity contribution is -0.141. The fraction of sp³-hybridized carbons (Fsp3) is 0.333. The van der Waals surface area contributed by atoms with Gasteiger partial charge in [-0.1, -0.05) is 49.0 Å². The molecular formula is C12H14O3S. The molecule has 1 aromatic carbocycles. The summed E-state index contributed by atoms with van der Waals surface area (Å²) in [4.78, 5) is 22.2. The van der Waals surface area contributed by atoms with E-state index < -0.39 is 11.9 Å². The van der Waals surface area contributed by atoms with Crippen molar-refractivity contribution in [3.63, 3.8) is 0 Å². The summed E-state index contributed by atoms with van der Waals surface area (Å²) in [6.07, 6.45) is 0.512. The van der Waals surface area contributed by atoms with Crippen LogP contribution < -0.4 is 0 Å². The molecule has 0 aromatic heterocycles. The minimum absolute atomic E-state index is 0.00168. The maximum atomic E-state index is 11.6. The van der Waals surface area contributed by atoms with Gasteiger partial charge in [0.15, 0.2) is 0 Å². The van der Waals surface area contributed by atoms with E-state index in [1.54, 1.807) is 19.1 Å². The van der Waals surface area contributed by atoms with Gasteiger partial charge in [0.25, 0.3) is 0 Å². The van der Waals surface area contributed by atoms with Gasteiger partial charge in [-0.15, -0.1) is 0 Å². The summed E-state index contributed by atoms with van der Waals surface area (Å²) in [6, 6.07) is 9.00. The molecule has 0 radical (unpaired) electrons. The third-order valence-electron chi connectivity index (χ3n) is 2.22. The summed E-state index contributed by atoms with van der Waals surface area (Å²) in [6.45, 7) is 1.65. The lowest BCUT2D eigenvalue weighted by Gasteiger charge is -2.04. The van der Waals surface area contributed by atoms with Gasteiger partial charge >= 0.3 is 5.97 Å². The van der Waals surface area contributed by atoms with Crippen molar-refractivity contribution in [2.45, 2.75) is 13.3 Å². The van der Waals surface area contributed by atoms with Gasteiger partial charge in [0.1, 0.15) is 0 Å². The number of benzene rings is 1. The molecule has 4 heteroatoms. The van der Waals surface area contributed by atoms with E-state index >= 15 is 0 Å². The molecule has 0 spiro atoms. The van der Waals surface area contributed by atoms with Gasteiger partial charge in [0, 0.05) is 11.3 Å². The zero-order valence-electron chi connectivity index (χ0n) is 9.05. The summed E-state index contributed by atoms with van der Waals surface area (Å²) in [5.41, 5.74) is 0.662. The van der Waals surface area contributed by atoms with Gasteiger partial charge < -0.3 is 5.11 Å². The maximum Gasteiger partial charge on any atom is 0.306 e. The first-order chi connectivity index (χ1) is 7.61. The fourth-order valence-corrected chi connectivity index (χ4v) is 2.07. The molecule has 1 aromatic rings. The molecule has 0 saturated heterocycles. The number of rotatable bonds is 5. The topological polar surface area (TPSA) is 54.4 Å². The highest BCUT2D eigenvalue weighted by Crippen LogP contribution is 2.15. The summed E-state index contributed by atoms with van der Waals surface area (Å²) >= 11 is 1.17. The first kappa shape index (κ1) is 12.8. The Bertz CT molecular complexity index is 362. The van der Waals surface area contributed by atoms with E-state index in [0.29, 0.717) is 17.7 Å². The quantitative estimate of drug-likeness (QED) is 0.856. The Balaban J connectivity index is 2.34.